The third-order valence-corrected chi connectivity index (χ3v) is 2.23. The SMILES string of the molecule is Cc1c(O)nc2sccn12. The molecular formula is C6H6N2OS. The van der Waals surface area contributed by atoms with Crippen molar-refractivity contribution in [3.63, 3.8) is 0 Å². The van der Waals surface area contributed by atoms with Crippen LogP contribution in [0.3, 0.4) is 0 Å². The van der Waals surface area contributed by atoms with Gasteiger partial charge in [0.25, 0.3) is 0 Å². The molecule has 0 bridgehead atoms. The van der Waals surface area contributed by atoms with Crippen LogP contribution in [0.1, 0.15) is 5.69 Å². The lowest BCUT2D eigenvalue weighted by Gasteiger charge is -1.85. The van der Waals surface area contributed by atoms with Crippen molar-refractivity contribution in [2.24, 2.45) is 0 Å². The highest BCUT2D eigenvalue weighted by atomic mass is 32.1. The number of imidazole rings is 1. The number of hydrogen-bond acceptors (Lipinski definition) is 3. The molecule has 0 saturated carbocycles. The molecule has 0 fully saturated rings. The number of rotatable bonds is 0. The molecule has 0 radical (unpaired) electrons. The van der Waals surface area contributed by atoms with E-state index in [2.05, 4.69) is 4.98 Å². The van der Waals surface area contributed by atoms with Gasteiger partial charge in [-0.1, -0.05) is 0 Å². The lowest BCUT2D eigenvalue weighted by molar-refractivity contribution is 0.452. The molecule has 0 saturated heterocycles. The lowest BCUT2D eigenvalue weighted by atomic mass is 10.5. The van der Waals surface area contributed by atoms with Crippen molar-refractivity contribution >= 4 is 16.3 Å². The zero-order valence-electron chi connectivity index (χ0n) is 5.40. The number of aryl methyl sites for hydroxylation is 1. The van der Waals surface area contributed by atoms with Crippen molar-refractivity contribution in [3.05, 3.63) is 17.3 Å². The molecule has 0 spiro atoms. The Morgan fingerprint density at radius 1 is 1.70 bits per heavy atom. The molecule has 0 aliphatic rings. The summed E-state index contributed by atoms with van der Waals surface area (Å²) in [5.41, 5.74) is 0.802. The summed E-state index contributed by atoms with van der Waals surface area (Å²) in [6.45, 7) is 1.84. The molecular weight excluding hydrogens is 148 g/mol. The van der Waals surface area contributed by atoms with Crippen LogP contribution in [0.15, 0.2) is 11.6 Å². The highest BCUT2D eigenvalue weighted by molar-refractivity contribution is 7.15. The van der Waals surface area contributed by atoms with E-state index in [0.717, 1.165) is 10.7 Å². The van der Waals surface area contributed by atoms with Crippen molar-refractivity contribution in [3.8, 4) is 5.88 Å². The van der Waals surface area contributed by atoms with Gasteiger partial charge in [-0.15, -0.1) is 11.3 Å². The summed E-state index contributed by atoms with van der Waals surface area (Å²) in [4.78, 5) is 4.75. The Morgan fingerprint density at radius 3 is 3.20 bits per heavy atom. The summed E-state index contributed by atoms with van der Waals surface area (Å²) in [6, 6.07) is 0. The summed E-state index contributed by atoms with van der Waals surface area (Å²) >= 11 is 1.51. The third-order valence-electron chi connectivity index (χ3n) is 1.48. The van der Waals surface area contributed by atoms with Crippen LogP contribution in [0.4, 0.5) is 0 Å². The molecule has 2 heterocycles. The minimum absolute atomic E-state index is 0.131. The maximum Gasteiger partial charge on any atom is 0.233 e. The van der Waals surface area contributed by atoms with Gasteiger partial charge in [-0.3, -0.25) is 4.40 Å². The van der Waals surface area contributed by atoms with Gasteiger partial charge < -0.3 is 5.11 Å². The molecule has 0 aromatic carbocycles. The van der Waals surface area contributed by atoms with Gasteiger partial charge in [0.1, 0.15) is 0 Å². The van der Waals surface area contributed by atoms with Crippen LogP contribution >= 0.6 is 11.3 Å². The number of aromatic hydroxyl groups is 1. The molecule has 52 valence electrons. The van der Waals surface area contributed by atoms with E-state index in [1.807, 2.05) is 22.9 Å². The van der Waals surface area contributed by atoms with Crippen LogP contribution in [0, 0.1) is 6.92 Å². The standard InChI is InChI=1S/C6H6N2OS/c1-4-5(9)7-6-8(4)2-3-10-6/h2-3,9H,1H3. The van der Waals surface area contributed by atoms with Gasteiger partial charge in [0.2, 0.25) is 5.88 Å². The van der Waals surface area contributed by atoms with Crippen molar-refractivity contribution in [1.82, 2.24) is 9.38 Å². The van der Waals surface area contributed by atoms with Crippen LogP contribution < -0.4 is 0 Å². The third kappa shape index (κ3) is 0.565. The van der Waals surface area contributed by atoms with E-state index >= 15 is 0 Å². The molecule has 0 amide bonds. The second-order valence-electron chi connectivity index (χ2n) is 2.08. The Kier molecular flexibility index (Phi) is 0.990. The van der Waals surface area contributed by atoms with E-state index in [1.165, 1.54) is 11.3 Å². The highest BCUT2D eigenvalue weighted by Gasteiger charge is 2.05. The number of aromatic nitrogens is 2. The van der Waals surface area contributed by atoms with Crippen molar-refractivity contribution in [2.45, 2.75) is 6.92 Å². The molecule has 4 heteroatoms. The predicted molar refractivity (Wildman–Crippen MR) is 39.5 cm³/mol. The van der Waals surface area contributed by atoms with E-state index in [4.69, 9.17) is 5.11 Å². The molecule has 0 aliphatic heterocycles. The van der Waals surface area contributed by atoms with Crippen LogP contribution in [0.2, 0.25) is 0 Å². The Hall–Kier alpha value is -1.03. The maximum atomic E-state index is 9.11. The van der Waals surface area contributed by atoms with Gasteiger partial charge in [-0.2, -0.15) is 4.98 Å². The normalized spacial score (nSPS) is 10.9. The zero-order valence-corrected chi connectivity index (χ0v) is 6.22. The minimum Gasteiger partial charge on any atom is -0.492 e. The Bertz CT molecular complexity index is 363. The molecule has 2 rings (SSSR count). The fourth-order valence-corrected chi connectivity index (χ4v) is 1.64. The molecule has 2 aromatic heterocycles. The van der Waals surface area contributed by atoms with Crippen LogP contribution in [-0.4, -0.2) is 14.5 Å². The first-order valence-corrected chi connectivity index (χ1v) is 3.78. The van der Waals surface area contributed by atoms with Crippen LogP contribution in [0.5, 0.6) is 5.88 Å². The lowest BCUT2D eigenvalue weighted by Crippen LogP contribution is -1.77. The summed E-state index contributed by atoms with van der Waals surface area (Å²) in [6.07, 6.45) is 1.89. The molecule has 0 atom stereocenters. The first-order valence-electron chi connectivity index (χ1n) is 2.90. The fraction of sp³-hybridized carbons (Fsp3) is 0.167. The van der Waals surface area contributed by atoms with Gasteiger partial charge in [0, 0.05) is 11.6 Å². The largest absolute Gasteiger partial charge is 0.492 e. The second-order valence-corrected chi connectivity index (χ2v) is 2.95. The van der Waals surface area contributed by atoms with E-state index in [9.17, 15) is 0 Å². The Labute approximate surface area is 61.6 Å². The van der Waals surface area contributed by atoms with Gasteiger partial charge >= 0.3 is 0 Å². The molecule has 1 N–H and O–H groups in total. The Morgan fingerprint density at radius 2 is 2.50 bits per heavy atom. The second kappa shape index (κ2) is 1.73. The molecule has 0 unspecified atom stereocenters. The zero-order chi connectivity index (χ0) is 7.14. The summed E-state index contributed by atoms with van der Waals surface area (Å²) < 4.78 is 1.86. The van der Waals surface area contributed by atoms with E-state index < -0.39 is 0 Å². The molecule has 10 heavy (non-hydrogen) atoms. The van der Waals surface area contributed by atoms with Gasteiger partial charge in [-0.05, 0) is 6.92 Å². The van der Waals surface area contributed by atoms with Crippen molar-refractivity contribution in [1.29, 1.82) is 0 Å². The molecule has 3 nitrogen and oxygen atoms in total. The van der Waals surface area contributed by atoms with Gasteiger partial charge in [0.15, 0.2) is 4.96 Å². The number of nitrogens with zero attached hydrogens (tertiary/aromatic N) is 2. The minimum atomic E-state index is 0.131. The number of hydrogen-bond donors (Lipinski definition) is 1. The van der Waals surface area contributed by atoms with Gasteiger partial charge in [0.05, 0.1) is 5.69 Å². The average Bonchev–Trinajstić information content (AvgIpc) is 2.41. The number of thiazole rings is 1. The first kappa shape index (κ1) is 5.73. The predicted octanol–water partition coefficient (Wildman–Crippen LogP) is 1.41. The maximum absolute atomic E-state index is 9.11. The van der Waals surface area contributed by atoms with Gasteiger partial charge in [-0.25, -0.2) is 0 Å². The van der Waals surface area contributed by atoms with Crippen molar-refractivity contribution in [2.75, 3.05) is 0 Å². The molecule has 2 aromatic rings. The summed E-state index contributed by atoms with van der Waals surface area (Å²) in [7, 11) is 0. The van der Waals surface area contributed by atoms with E-state index in [0.29, 0.717) is 0 Å². The number of fused-ring (bicyclic) bond motifs is 1. The van der Waals surface area contributed by atoms with Crippen molar-refractivity contribution < 1.29 is 5.11 Å². The summed E-state index contributed by atoms with van der Waals surface area (Å²) in [5, 5.41) is 11.0. The van der Waals surface area contributed by atoms with E-state index in [1.54, 1.807) is 0 Å². The smallest absolute Gasteiger partial charge is 0.233 e. The highest BCUT2D eigenvalue weighted by Crippen LogP contribution is 2.20. The monoisotopic (exact) mass is 154 g/mol. The first-order chi connectivity index (χ1) is 4.79. The van der Waals surface area contributed by atoms with E-state index in [-0.39, 0.29) is 5.88 Å². The van der Waals surface area contributed by atoms with Crippen LogP contribution in [-0.2, 0) is 0 Å². The average molecular weight is 154 g/mol. The molecule has 0 aliphatic carbocycles. The topological polar surface area (TPSA) is 37.5 Å². The van der Waals surface area contributed by atoms with Crippen LogP contribution in [0.25, 0.3) is 4.96 Å². The fourth-order valence-electron chi connectivity index (χ4n) is 0.887. The Balaban J connectivity index is 2.95. The summed E-state index contributed by atoms with van der Waals surface area (Å²) in [5.74, 6) is 0.131. The quantitative estimate of drug-likeness (QED) is 0.623.